The van der Waals surface area contributed by atoms with Gasteiger partial charge >= 0.3 is 6.09 Å². The van der Waals surface area contributed by atoms with E-state index in [1.807, 2.05) is 11.8 Å². The maximum absolute atomic E-state index is 11.6. The van der Waals surface area contributed by atoms with Gasteiger partial charge in [-0.15, -0.1) is 11.6 Å². The number of carbonyl (C=O) groups is 1. The molecule has 2 aliphatic heterocycles. The van der Waals surface area contributed by atoms with Crippen molar-refractivity contribution >= 4 is 17.7 Å². The highest BCUT2D eigenvalue weighted by Crippen LogP contribution is 2.38. The molecule has 0 saturated carbocycles. The van der Waals surface area contributed by atoms with Gasteiger partial charge in [0, 0.05) is 6.04 Å². The summed E-state index contributed by atoms with van der Waals surface area (Å²) in [5.41, 5.74) is 0. The first-order chi connectivity index (χ1) is 6.74. The molecule has 0 aromatic heterocycles. The number of alkyl halides is 1. The van der Waals surface area contributed by atoms with Gasteiger partial charge in [-0.1, -0.05) is 0 Å². The van der Waals surface area contributed by atoms with E-state index in [9.17, 15) is 4.79 Å². The maximum atomic E-state index is 11.6. The fourth-order valence-corrected chi connectivity index (χ4v) is 2.95. The molecule has 0 N–H and O–H groups in total. The predicted molar refractivity (Wildman–Crippen MR) is 54.5 cm³/mol. The van der Waals surface area contributed by atoms with Crippen LogP contribution in [-0.2, 0) is 4.74 Å². The fraction of sp³-hybridized carbons (Fsp3) is 0.900. The zero-order chi connectivity index (χ0) is 10.1. The third kappa shape index (κ3) is 1.58. The first kappa shape index (κ1) is 10.1. The Morgan fingerprint density at radius 2 is 2.14 bits per heavy atom. The fourth-order valence-electron chi connectivity index (χ4n) is 2.58. The molecule has 1 amide bonds. The van der Waals surface area contributed by atoms with E-state index in [-0.39, 0.29) is 17.5 Å². The average molecular weight is 218 g/mol. The van der Waals surface area contributed by atoms with Crippen molar-refractivity contribution < 1.29 is 9.53 Å². The van der Waals surface area contributed by atoms with Crippen LogP contribution in [0.15, 0.2) is 0 Å². The highest BCUT2D eigenvalue weighted by molar-refractivity contribution is 6.21. The summed E-state index contributed by atoms with van der Waals surface area (Å²) in [7, 11) is 0. The molecule has 14 heavy (non-hydrogen) atoms. The largest absolute Gasteiger partial charge is 0.450 e. The molecule has 0 aliphatic carbocycles. The Balaban J connectivity index is 2.07. The number of hydrogen-bond donors (Lipinski definition) is 0. The highest BCUT2D eigenvalue weighted by atomic mass is 35.5. The summed E-state index contributed by atoms with van der Waals surface area (Å²) in [6.07, 6.45) is 4.02. The second kappa shape index (κ2) is 3.97. The standard InChI is InChI=1S/C10H16ClNO2/c1-2-14-10(13)12-7-3-5-8(11)9(12)6-4-7/h7-9H,2-6H2,1H3/t7-,8-,9-/m0/s1. The molecule has 80 valence electrons. The Hall–Kier alpha value is -0.440. The monoisotopic (exact) mass is 217 g/mol. The third-order valence-corrected chi connectivity index (χ3v) is 3.73. The summed E-state index contributed by atoms with van der Waals surface area (Å²) in [5.74, 6) is 0. The molecule has 2 aliphatic rings. The van der Waals surface area contributed by atoms with Gasteiger partial charge in [-0.25, -0.2) is 4.79 Å². The van der Waals surface area contributed by atoms with Crippen LogP contribution in [0, 0.1) is 0 Å². The molecule has 0 aromatic rings. The lowest BCUT2D eigenvalue weighted by molar-refractivity contribution is 0.0746. The normalized spacial score (nSPS) is 35.9. The summed E-state index contributed by atoms with van der Waals surface area (Å²) in [6.45, 7) is 2.28. The van der Waals surface area contributed by atoms with Crippen molar-refractivity contribution in [2.45, 2.75) is 50.1 Å². The SMILES string of the molecule is CCOC(=O)N1[C@H]2CC[C@H](Cl)[C@@H]1CC2. The zero-order valence-electron chi connectivity index (χ0n) is 8.41. The number of piperidine rings is 1. The molecule has 0 aromatic carbocycles. The van der Waals surface area contributed by atoms with E-state index in [2.05, 4.69) is 0 Å². The minimum atomic E-state index is -0.176. The number of nitrogens with zero attached hydrogens (tertiary/aromatic N) is 1. The van der Waals surface area contributed by atoms with Crippen LogP contribution in [0.3, 0.4) is 0 Å². The average Bonchev–Trinajstić information content (AvgIpc) is 2.50. The van der Waals surface area contributed by atoms with Gasteiger partial charge in [0.15, 0.2) is 0 Å². The highest BCUT2D eigenvalue weighted by Gasteiger charge is 2.44. The second-order valence-corrected chi connectivity index (χ2v) is 4.56. The number of rotatable bonds is 1. The first-order valence-electron chi connectivity index (χ1n) is 5.33. The Labute approximate surface area is 89.4 Å². The van der Waals surface area contributed by atoms with Gasteiger partial charge in [-0.3, -0.25) is 0 Å². The Kier molecular flexibility index (Phi) is 2.86. The van der Waals surface area contributed by atoms with Crippen LogP contribution in [-0.4, -0.2) is 35.1 Å². The molecule has 3 nitrogen and oxygen atoms in total. The lowest BCUT2D eigenvalue weighted by Crippen LogP contribution is -2.49. The topological polar surface area (TPSA) is 29.5 Å². The molecule has 3 atom stereocenters. The van der Waals surface area contributed by atoms with Gasteiger partial charge in [0.1, 0.15) is 0 Å². The van der Waals surface area contributed by atoms with Crippen molar-refractivity contribution in [2.24, 2.45) is 0 Å². The van der Waals surface area contributed by atoms with Crippen molar-refractivity contribution in [1.29, 1.82) is 0 Å². The second-order valence-electron chi connectivity index (χ2n) is 4.00. The molecule has 2 heterocycles. The third-order valence-electron chi connectivity index (χ3n) is 3.22. The predicted octanol–water partition coefficient (Wildman–Crippen LogP) is 2.38. The molecule has 0 spiro atoms. The van der Waals surface area contributed by atoms with Gasteiger partial charge in [0.05, 0.1) is 18.0 Å². The molecule has 4 heteroatoms. The van der Waals surface area contributed by atoms with Crippen molar-refractivity contribution in [3.8, 4) is 0 Å². The van der Waals surface area contributed by atoms with Gasteiger partial charge in [0.2, 0.25) is 0 Å². The number of fused-ring (bicyclic) bond motifs is 2. The number of amides is 1. The number of halogens is 1. The smallest absolute Gasteiger partial charge is 0.410 e. The molecule has 2 saturated heterocycles. The molecule has 2 rings (SSSR count). The van der Waals surface area contributed by atoms with Crippen molar-refractivity contribution in [3.63, 3.8) is 0 Å². The summed E-state index contributed by atoms with van der Waals surface area (Å²) < 4.78 is 5.04. The van der Waals surface area contributed by atoms with Crippen LogP contribution in [0.25, 0.3) is 0 Å². The van der Waals surface area contributed by atoms with Crippen LogP contribution in [0.2, 0.25) is 0 Å². The lowest BCUT2D eigenvalue weighted by Gasteiger charge is -2.36. The van der Waals surface area contributed by atoms with E-state index in [1.165, 1.54) is 0 Å². The van der Waals surface area contributed by atoms with Crippen molar-refractivity contribution in [3.05, 3.63) is 0 Å². The van der Waals surface area contributed by atoms with Crippen LogP contribution in [0.4, 0.5) is 4.79 Å². The summed E-state index contributed by atoms with van der Waals surface area (Å²) in [5, 5.41) is 0.123. The van der Waals surface area contributed by atoms with Crippen LogP contribution >= 0.6 is 11.6 Å². The Morgan fingerprint density at radius 1 is 1.43 bits per heavy atom. The number of hydrogen-bond acceptors (Lipinski definition) is 2. The van der Waals surface area contributed by atoms with Crippen molar-refractivity contribution in [2.75, 3.05) is 6.61 Å². The first-order valence-corrected chi connectivity index (χ1v) is 5.77. The Morgan fingerprint density at radius 3 is 2.86 bits per heavy atom. The van der Waals surface area contributed by atoms with E-state index in [0.717, 1.165) is 25.7 Å². The minimum absolute atomic E-state index is 0.123. The number of ether oxygens (including phenoxy) is 1. The minimum Gasteiger partial charge on any atom is -0.450 e. The molecule has 0 unspecified atom stereocenters. The summed E-state index contributed by atoms with van der Waals surface area (Å²) >= 11 is 6.20. The van der Waals surface area contributed by atoms with E-state index in [4.69, 9.17) is 16.3 Å². The molecular formula is C10H16ClNO2. The van der Waals surface area contributed by atoms with Crippen molar-refractivity contribution in [1.82, 2.24) is 4.90 Å². The Bertz CT molecular complexity index is 234. The quantitative estimate of drug-likeness (QED) is 0.632. The van der Waals surface area contributed by atoms with E-state index < -0.39 is 0 Å². The maximum Gasteiger partial charge on any atom is 0.410 e. The van der Waals surface area contributed by atoms with Gasteiger partial charge < -0.3 is 9.64 Å². The zero-order valence-corrected chi connectivity index (χ0v) is 9.17. The van der Waals surface area contributed by atoms with E-state index in [0.29, 0.717) is 12.6 Å². The van der Waals surface area contributed by atoms with Crippen LogP contribution in [0.5, 0.6) is 0 Å². The van der Waals surface area contributed by atoms with Crippen LogP contribution in [0.1, 0.15) is 32.6 Å². The van der Waals surface area contributed by atoms with E-state index in [1.54, 1.807) is 0 Å². The lowest BCUT2D eigenvalue weighted by atomic mass is 10.0. The summed E-state index contributed by atoms with van der Waals surface area (Å²) in [4.78, 5) is 13.5. The molecular weight excluding hydrogens is 202 g/mol. The van der Waals surface area contributed by atoms with Gasteiger partial charge in [0.25, 0.3) is 0 Å². The van der Waals surface area contributed by atoms with Crippen LogP contribution < -0.4 is 0 Å². The van der Waals surface area contributed by atoms with E-state index >= 15 is 0 Å². The van der Waals surface area contributed by atoms with Gasteiger partial charge in [-0.05, 0) is 32.6 Å². The number of carbonyl (C=O) groups excluding carboxylic acids is 1. The molecule has 2 fully saturated rings. The molecule has 2 bridgehead atoms. The van der Waals surface area contributed by atoms with Gasteiger partial charge in [-0.2, -0.15) is 0 Å². The molecule has 0 radical (unpaired) electrons. The summed E-state index contributed by atoms with van der Waals surface area (Å²) in [6, 6.07) is 0.600.